The zero-order valence-electron chi connectivity index (χ0n) is 7.06. The van der Waals surface area contributed by atoms with Crippen LogP contribution in [0.15, 0.2) is 18.6 Å². The minimum Gasteiger partial charge on any atom is -0.355 e. The molecule has 0 saturated heterocycles. The van der Waals surface area contributed by atoms with Crippen molar-refractivity contribution in [1.82, 2.24) is 15.0 Å². The molecule has 0 aromatic carbocycles. The fourth-order valence-electron chi connectivity index (χ4n) is 0.839. The third-order valence-electron chi connectivity index (χ3n) is 1.35. The van der Waals surface area contributed by atoms with Gasteiger partial charge < -0.3 is 16.3 Å². The molecule has 1 radical (unpaired) electrons. The number of aromatic nitrogens is 3. The number of thiazole rings is 1. The molecule has 0 N–H and O–H groups in total. The summed E-state index contributed by atoms with van der Waals surface area (Å²) < 4.78 is 0. The van der Waals surface area contributed by atoms with Crippen molar-refractivity contribution in [2.24, 2.45) is 0 Å². The Balaban J connectivity index is 0.000000845. The Morgan fingerprint density at radius 3 is 2.77 bits per heavy atom. The van der Waals surface area contributed by atoms with Crippen molar-refractivity contribution >= 4 is 11.3 Å². The summed E-state index contributed by atoms with van der Waals surface area (Å²) in [6, 6.07) is 0. The molecule has 0 bridgehead atoms. The van der Waals surface area contributed by atoms with E-state index < -0.39 is 0 Å². The zero-order valence-corrected chi connectivity index (χ0v) is 10.7. The molecule has 0 atom stereocenters. The number of hydrogen-bond donors (Lipinski definition) is 0. The molecule has 0 amide bonds. The summed E-state index contributed by atoms with van der Waals surface area (Å²) in [5, 5.41) is 3.91. The summed E-state index contributed by atoms with van der Waals surface area (Å²) in [5.41, 5.74) is 1.72. The Labute approximate surface area is 106 Å². The van der Waals surface area contributed by atoms with Crippen molar-refractivity contribution in [3.05, 3.63) is 29.7 Å². The molecular weight excluding hydrogens is 259 g/mol. The predicted octanol–water partition coefficient (Wildman–Crippen LogP) is 1.71. The van der Waals surface area contributed by atoms with Crippen LogP contribution in [0.2, 0.25) is 0 Å². The minimum atomic E-state index is 0. The third kappa shape index (κ3) is 2.63. The van der Waals surface area contributed by atoms with Gasteiger partial charge in [-0.05, 0) is 11.9 Å². The number of hydrogen-bond acceptors (Lipinski definition) is 4. The van der Waals surface area contributed by atoms with Crippen LogP contribution in [0.1, 0.15) is 5.69 Å². The summed E-state index contributed by atoms with van der Waals surface area (Å²) in [6.45, 7) is 1.91. The summed E-state index contributed by atoms with van der Waals surface area (Å²) in [6.07, 6.45) is 5.01. The Morgan fingerprint density at radius 1 is 1.38 bits per heavy atom. The molecule has 0 spiro atoms. The number of nitrogens with zero attached hydrogens (tertiary/aromatic N) is 3. The first-order chi connectivity index (χ1) is 5.86. The predicted molar refractivity (Wildman–Crippen MR) is 46.7 cm³/mol. The van der Waals surface area contributed by atoms with Gasteiger partial charge in [0.05, 0.1) is 0 Å². The zero-order chi connectivity index (χ0) is 8.39. The van der Waals surface area contributed by atoms with Crippen LogP contribution in [0.5, 0.6) is 0 Å². The monoisotopic (exact) mass is 265 g/mol. The van der Waals surface area contributed by atoms with Gasteiger partial charge in [-0.25, -0.2) is 0 Å². The van der Waals surface area contributed by atoms with E-state index in [-0.39, 0.29) is 32.7 Å². The van der Waals surface area contributed by atoms with Crippen LogP contribution in [0.4, 0.5) is 0 Å². The molecule has 0 aliphatic rings. The van der Waals surface area contributed by atoms with Gasteiger partial charge in [0.1, 0.15) is 0 Å². The van der Waals surface area contributed by atoms with E-state index in [0.29, 0.717) is 0 Å². The molecule has 0 saturated carbocycles. The van der Waals surface area contributed by atoms with Crippen LogP contribution >= 0.6 is 11.3 Å². The standard InChI is InChI=1S/C8H6N3S.Y/c1-6-5-12-8(11-6)7-4-9-2-3-10-7;/h2-4H,1H3;/q-1;. The molecule has 2 aromatic rings. The summed E-state index contributed by atoms with van der Waals surface area (Å²) in [4.78, 5) is 12.3. The van der Waals surface area contributed by atoms with Gasteiger partial charge in [-0.3, -0.25) is 9.97 Å². The van der Waals surface area contributed by atoms with Gasteiger partial charge in [0.2, 0.25) is 0 Å². The average molecular weight is 265 g/mol. The first-order valence-corrected chi connectivity index (χ1v) is 4.29. The van der Waals surface area contributed by atoms with Gasteiger partial charge in [-0.1, -0.05) is 5.69 Å². The summed E-state index contributed by atoms with van der Waals surface area (Å²) in [5.74, 6) is 0. The maximum Gasteiger partial charge on any atom is 0.0450 e. The molecule has 3 nitrogen and oxygen atoms in total. The van der Waals surface area contributed by atoms with Crippen molar-refractivity contribution in [2.45, 2.75) is 6.92 Å². The second kappa shape index (κ2) is 4.89. The molecule has 2 heterocycles. The normalized spacial score (nSPS) is 9.31. The van der Waals surface area contributed by atoms with E-state index >= 15 is 0 Å². The third-order valence-corrected chi connectivity index (χ3v) is 2.24. The molecule has 2 aromatic heterocycles. The van der Waals surface area contributed by atoms with Gasteiger partial charge in [-0.15, -0.1) is 0 Å². The molecular formula is C8H6N3SY-. The van der Waals surface area contributed by atoms with E-state index in [1.54, 1.807) is 18.6 Å². The molecule has 13 heavy (non-hydrogen) atoms. The average Bonchev–Trinajstić information content (AvgIpc) is 2.54. The van der Waals surface area contributed by atoms with E-state index in [4.69, 9.17) is 0 Å². The Bertz CT molecular complexity index is 374. The largest absolute Gasteiger partial charge is 0.355 e. The molecule has 0 fully saturated rings. The summed E-state index contributed by atoms with van der Waals surface area (Å²) >= 11 is 1.46. The van der Waals surface area contributed by atoms with Crippen LogP contribution in [-0.4, -0.2) is 15.0 Å². The summed E-state index contributed by atoms with van der Waals surface area (Å²) in [7, 11) is 0. The number of rotatable bonds is 1. The second-order valence-electron chi connectivity index (χ2n) is 2.30. The Hall–Kier alpha value is -0.186. The molecule has 0 aliphatic heterocycles. The van der Waals surface area contributed by atoms with Crippen molar-refractivity contribution in [2.75, 3.05) is 0 Å². The van der Waals surface area contributed by atoms with Crippen LogP contribution in [0.3, 0.4) is 0 Å². The second-order valence-corrected chi connectivity index (χ2v) is 3.09. The molecule has 0 unspecified atom stereocenters. The first-order valence-electron chi connectivity index (χ1n) is 3.48. The smallest absolute Gasteiger partial charge is 0.0450 e. The molecule has 2 rings (SSSR count). The van der Waals surface area contributed by atoms with Crippen molar-refractivity contribution in [1.29, 1.82) is 0 Å². The minimum absolute atomic E-state index is 0. The fourth-order valence-corrected chi connectivity index (χ4v) is 1.52. The van der Waals surface area contributed by atoms with Gasteiger partial charge in [0.15, 0.2) is 0 Å². The molecule has 5 heteroatoms. The van der Waals surface area contributed by atoms with Gasteiger partial charge in [0, 0.05) is 57.0 Å². The molecule has 63 valence electrons. The SMILES string of the molecule is Cc1[c-]sc(-c2cnccn2)n1.[Y]. The van der Waals surface area contributed by atoms with Crippen molar-refractivity contribution in [3.8, 4) is 10.7 Å². The molecule has 0 aliphatic carbocycles. The van der Waals surface area contributed by atoms with Gasteiger partial charge in [0.25, 0.3) is 0 Å². The van der Waals surface area contributed by atoms with Crippen LogP contribution in [0, 0.1) is 12.3 Å². The number of aryl methyl sites for hydroxylation is 1. The van der Waals surface area contributed by atoms with Crippen LogP contribution in [0.25, 0.3) is 10.7 Å². The topological polar surface area (TPSA) is 38.7 Å². The van der Waals surface area contributed by atoms with E-state index in [1.165, 1.54) is 11.3 Å². The maximum atomic E-state index is 4.24. The quantitative estimate of drug-likeness (QED) is 0.737. The fraction of sp³-hybridized carbons (Fsp3) is 0.125. The Kier molecular flexibility index (Phi) is 4.09. The first kappa shape index (κ1) is 10.9. The van der Waals surface area contributed by atoms with E-state index in [9.17, 15) is 0 Å². The van der Waals surface area contributed by atoms with Crippen LogP contribution < -0.4 is 0 Å². The van der Waals surface area contributed by atoms with E-state index in [2.05, 4.69) is 20.3 Å². The van der Waals surface area contributed by atoms with Gasteiger partial charge >= 0.3 is 0 Å². The van der Waals surface area contributed by atoms with Crippen LogP contribution in [-0.2, 0) is 32.7 Å². The van der Waals surface area contributed by atoms with Crippen molar-refractivity contribution < 1.29 is 32.7 Å². The van der Waals surface area contributed by atoms with Crippen molar-refractivity contribution in [3.63, 3.8) is 0 Å². The maximum absolute atomic E-state index is 4.24. The van der Waals surface area contributed by atoms with Gasteiger partial charge in [-0.2, -0.15) is 5.38 Å². The van der Waals surface area contributed by atoms with E-state index in [1.807, 2.05) is 6.92 Å². The van der Waals surface area contributed by atoms with E-state index in [0.717, 1.165) is 16.4 Å². The Morgan fingerprint density at radius 2 is 2.23 bits per heavy atom.